The number of unbranched alkanes of at least 4 members (excludes halogenated alkanes) is 16. The molecule has 0 fully saturated rings. The molecule has 0 saturated heterocycles. The summed E-state index contributed by atoms with van der Waals surface area (Å²) in [5, 5.41) is 7.29. The van der Waals surface area contributed by atoms with Crippen molar-refractivity contribution >= 4 is 93.3 Å². The average molecular weight is 835 g/mol. The monoisotopic (exact) mass is 835 g/mol. The van der Waals surface area contributed by atoms with Crippen molar-refractivity contribution < 1.29 is 19.2 Å². The highest BCUT2D eigenvalue weighted by atomic mass is 16.2. The summed E-state index contributed by atoms with van der Waals surface area (Å²) in [7, 11) is 4.15. The smallest absolute Gasteiger partial charge is 0.261 e. The molecule has 0 aromatic heterocycles. The van der Waals surface area contributed by atoms with E-state index in [0.29, 0.717) is 22.3 Å². The quantitative estimate of drug-likeness (QED) is 0.0183. The van der Waals surface area contributed by atoms with Gasteiger partial charge in [0.05, 0.1) is 0 Å². The summed E-state index contributed by atoms with van der Waals surface area (Å²) in [6.45, 7) is 8.91. The summed E-state index contributed by atoms with van der Waals surface area (Å²) in [5.41, 5.74) is 4.36. The number of hydrogen-bond donors (Lipinski definition) is 0. The molecule has 0 bridgehead atoms. The average Bonchev–Trinajstić information content (AvgIpc) is 3.26. The standard InChI is InChI=1S/C54H72B2N2O4/c1-5-9-13-17-21-25-35(26-22-18-14-10-6-2)57-51(59)39-31-29-37-48-44(56)34-42-46-40(32-30-38(50(46)48)47-43(55)33-41(53(57)61)45(39)49(37)47)52(60)58(54(42)62)36(27-23-19-15-11-7-3)28-24-20-16-12-8-4/h29-36H,5-28,55-56H2,1-4H3. The van der Waals surface area contributed by atoms with Crippen molar-refractivity contribution in [2.75, 3.05) is 0 Å². The van der Waals surface area contributed by atoms with E-state index in [1.54, 1.807) is 9.80 Å². The largest absolute Gasteiger partial charge is 0.271 e. The van der Waals surface area contributed by atoms with Gasteiger partial charge in [0.25, 0.3) is 23.6 Å². The van der Waals surface area contributed by atoms with Crippen LogP contribution in [0.15, 0.2) is 36.4 Å². The van der Waals surface area contributed by atoms with Crippen LogP contribution >= 0.6 is 0 Å². The predicted octanol–water partition coefficient (Wildman–Crippen LogP) is 11.6. The fraction of sp³-hybridized carbons (Fsp3) is 0.556. The number of nitrogens with zero attached hydrogens (tertiary/aromatic N) is 2. The second kappa shape index (κ2) is 21.0. The lowest BCUT2D eigenvalue weighted by molar-refractivity contribution is 0.0501. The lowest BCUT2D eigenvalue weighted by atomic mass is 9.74. The number of benzene rings is 5. The number of imide groups is 2. The molecular weight excluding hydrogens is 762 g/mol. The highest BCUT2D eigenvalue weighted by Crippen LogP contribution is 2.46. The molecule has 0 atom stereocenters. The number of hydrogen-bond acceptors (Lipinski definition) is 4. The maximum absolute atomic E-state index is 14.9. The van der Waals surface area contributed by atoms with Gasteiger partial charge in [-0.15, -0.1) is 0 Å². The van der Waals surface area contributed by atoms with E-state index in [2.05, 4.69) is 55.5 Å². The second-order valence-electron chi connectivity index (χ2n) is 19.1. The maximum Gasteiger partial charge on any atom is 0.261 e. The van der Waals surface area contributed by atoms with Gasteiger partial charge in [-0.05, 0) is 70.1 Å². The van der Waals surface area contributed by atoms with Crippen LogP contribution in [0.4, 0.5) is 0 Å². The van der Waals surface area contributed by atoms with Gasteiger partial charge in [0.15, 0.2) is 0 Å². The van der Waals surface area contributed by atoms with Crippen LogP contribution in [0.25, 0.3) is 43.1 Å². The molecule has 7 rings (SSSR count). The van der Waals surface area contributed by atoms with Crippen molar-refractivity contribution in [2.45, 2.75) is 194 Å². The molecule has 62 heavy (non-hydrogen) atoms. The van der Waals surface area contributed by atoms with Gasteiger partial charge in [0.1, 0.15) is 15.7 Å². The zero-order chi connectivity index (χ0) is 43.9. The Bertz CT molecular complexity index is 2230. The maximum atomic E-state index is 14.9. The molecule has 5 aromatic carbocycles. The van der Waals surface area contributed by atoms with Crippen LogP contribution in [-0.2, 0) is 0 Å². The normalized spacial score (nSPS) is 14.2. The van der Waals surface area contributed by atoms with Crippen molar-refractivity contribution in [3.63, 3.8) is 0 Å². The van der Waals surface area contributed by atoms with Crippen LogP contribution < -0.4 is 10.9 Å². The fourth-order valence-electron chi connectivity index (χ4n) is 11.3. The Morgan fingerprint density at radius 1 is 0.371 bits per heavy atom. The molecular formula is C54H72B2N2O4. The molecule has 2 heterocycles. The Labute approximate surface area is 373 Å². The summed E-state index contributed by atoms with van der Waals surface area (Å²) >= 11 is 0. The van der Waals surface area contributed by atoms with E-state index >= 15 is 0 Å². The van der Waals surface area contributed by atoms with Crippen molar-refractivity contribution in [1.29, 1.82) is 0 Å². The van der Waals surface area contributed by atoms with Gasteiger partial charge in [-0.3, -0.25) is 29.0 Å². The van der Waals surface area contributed by atoms with E-state index < -0.39 is 0 Å². The minimum absolute atomic E-state index is 0.121. The molecule has 2 aliphatic heterocycles. The third kappa shape index (κ3) is 8.83. The molecule has 0 unspecified atom stereocenters. The van der Waals surface area contributed by atoms with Gasteiger partial charge in [0, 0.05) is 45.1 Å². The number of fused-ring (bicyclic) bond motifs is 2. The summed E-state index contributed by atoms with van der Waals surface area (Å²) in [4.78, 5) is 62.6. The highest BCUT2D eigenvalue weighted by molar-refractivity contribution is 6.54. The summed E-state index contributed by atoms with van der Waals surface area (Å²) in [5.74, 6) is -0.693. The molecule has 0 radical (unpaired) electrons. The van der Waals surface area contributed by atoms with Crippen LogP contribution in [0, 0.1) is 0 Å². The number of rotatable bonds is 26. The van der Waals surface area contributed by atoms with Gasteiger partial charge in [-0.1, -0.05) is 191 Å². The minimum atomic E-state index is -0.176. The van der Waals surface area contributed by atoms with Crippen molar-refractivity contribution in [1.82, 2.24) is 9.80 Å². The second-order valence-corrected chi connectivity index (χ2v) is 19.1. The predicted molar refractivity (Wildman–Crippen MR) is 266 cm³/mol. The van der Waals surface area contributed by atoms with E-state index in [1.807, 2.05) is 24.3 Å². The third-order valence-corrected chi connectivity index (χ3v) is 14.6. The molecule has 0 aliphatic carbocycles. The molecule has 0 saturated carbocycles. The van der Waals surface area contributed by atoms with E-state index in [9.17, 15) is 19.2 Å². The SMILES string of the molecule is Bc1cc2c3c(ccc4c5c(B)cc6c7c(ccc(c1c34)c75)C(=O)N(C(CCCCCCC)CCCCCCC)C6=O)C(=O)N(C(CCCCCCC)CCCCCCC)C2=O. The lowest BCUT2D eigenvalue weighted by Gasteiger charge is -2.36. The topological polar surface area (TPSA) is 74.8 Å². The van der Waals surface area contributed by atoms with Gasteiger partial charge < -0.3 is 0 Å². The van der Waals surface area contributed by atoms with Crippen molar-refractivity contribution in [3.8, 4) is 0 Å². The van der Waals surface area contributed by atoms with E-state index in [4.69, 9.17) is 0 Å². The number of amides is 4. The first kappa shape index (κ1) is 45.8. The first-order valence-electron chi connectivity index (χ1n) is 25.2. The zero-order valence-electron chi connectivity index (χ0n) is 39.1. The van der Waals surface area contributed by atoms with Gasteiger partial charge >= 0.3 is 0 Å². The van der Waals surface area contributed by atoms with Crippen LogP contribution in [0.1, 0.15) is 223 Å². The zero-order valence-corrected chi connectivity index (χ0v) is 39.1. The van der Waals surface area contributed by atoms with Gasteiger partial charge in [0.2, 0.25) is 0 Å². The Morgan fingerprint density at radius 2 is 0.661 bits per heavy atom. The third-order valence-electron chi connectivity index (χ3n) is 14.6. The van der Waals surface area contributed by atoms with E-state index in [-0.39, 0.29) is 35.7 Å². The Balaban J connectivity index is 1.30. The van der Waals surface area contributed by atoms with Gasteiger partial charge in [-0.2, -0.15) is 0 Å². The molecule has 8 heteroatoms. The first-order chi connectivity index (χ1) is 30.2. The van der Waals surface area contributed by atoms with Crippen LogP contribution in [0.5, 0.6) is 0 Å². The Morgan fingerprint density at radius 3 is 0.968 bits per heavy atom. The molecule has 4 amide bonds. The lowest BCUT2D eigenvalue weighted by Crippen LogP contribution is -2.47. The Kier molecular flexibility index (Phi) is 15.5. The molecule has 2 aliphatic rings. The van der Waals surface area contributed by atoms with E-state index in [0.717, 1.165) is 131 Å². The minimum Gasteiger partial charge on any atom is -0.271 e. The fourth-order valence-corrected chi connectivity index (χ4v) is 11.3. The summed E-state index contributed by atoms with van der Waals surface area (Å²) in [6.07, 6.45) is 26.2. The highest BCUT2D eigenvalue weighted by Gasteiger charge is 2.41. The number of carbonyl (C=O) groups excluding carboxylic acids is 4. The molecule has 5 aromatic rings. The Hall–Kier alpha value is -4.19. The molecule has 328 valence electrons. The number of carbonyl (C=O) groups is 4. The van der Waals surface area contributed by atoms with Crippen molar-refractivity contribution in [3.05, 3.63) is 58.7 Å². The summed E-state index contributed by atoms with van der Waals surface area (Å²) < 4.78 is 0. The van der Waals surface area contributed by atoms with Crippen LogP contribution in [0.3, 0.4) is 0 Å². The van der Waals surface area contributed by atoms with Crippen LogP contribution in [-0.4, -0.2) is 61.2 Å². The molecule has 0 N–H and O–H groups in total. The summed E-state index contributed by atoms with van der Waals surface area (Å²) in [6, 6.07) is 11.8. The van der Waals surface area contributed by atoms with Gasteiger partial charge in [-0.25, -0.2) is 0 Å². The molecule has 6 nitrogen and oxygen atoms in total. The first-order valence-corrected chi connectivity index (χ1v) is 25.2. The van der Waals surface area contributed by atoms with Crippen molar-refractivity contribution in [2.24, 2.45) is 0 Å². The molecule has 0 spiro atoms. The van der Waals surface area contributed by atoms with E-state index in [1.165, 1.54) is 77.0 Å². The van der Waals surface area contributed by atoms with Crippen LogP contribution in [0.2, 0.25) is 0 Å².